The lowest BCUT2D eigenvalue weighted by Crippen LogP contribution is -2.28. The molecule has 0 bridgehead atoms. The summed E-state index contributed by atoms with van der Waals surface area (Å²) in [5, 5.41) is 9.38. The molecule has 0 unspecified atom stereocenters. The summed E-state index contributed by atoms with van der Waals surface area (Å²) in [7, 11) is 1.62. The van der Waals surface area contributed by atoms with Crippen LogP contribution in [0.4, 0.5) is 0 Å². The molecule has 0 aliphatic heterocycles. The molecule has 0 fully saturated rings. The van der Waals surface area contributed by atoms with E-state index in [0.717, 1.165) is 0 Å². The number of rotatable bonds is 5. The highest BCUT2D eigenvalue weighted by Gasteiger charge is 2.17. The zero-order valence-electron chi connectivity index (χ0n) is 10.1. The van der Waals surface area contributed by atoms with E-state index in [-0.39, 0.29) is 12.3 Å². The van der Waals surface area contributed by atoms with Crippen LogP contribution in [0.2, 0.25) is 10.0 Å². The summed E-state index contributed by atoms with van der Waals surface area (Å²) in [5.74, 6) is -1.10. The molecule has 7 heteroatoms. The molecule has 0 spiro atoms. The van der Waals surface area contributed by atoms with Gasteiger partial charge in [0, 0.05) is 28.6 Å². The van der Waals surface area contributed by atoms with E-state index in [4.69, 9.17) is 28.3 Å². The first-order valence-corrected chi connectivity index (χ1v) is 7.28. The average Bonchev–Trinajstić information content (AvgIpc) is 2.32. The number of carboxylic acids is 1. The molecule has 19 heavy (non-hydrogen) atoms. The molecule has 0 saturated carbocycles. The molecule has 1 rings (SSSR count). The van der Waals surface area contributed by atoms with Gasteiger partial charge in [0.25, 0.3) is 5.91 Å². The number of aliphatic carboxylic acids is 1. The van der Waals surface area contributed by atoms with E-state index >= 15 is 0 Å². The van der Waals surface area contributed by atoms with Crippen molar-refractivity contribution in [2.45, 2.75) is 12.8 Å². The van der Waals surface area contributed by atoms with Gasteiger partial charge in [-0.15, -0.1) is 0 Å². The van der Waals surface area contributed by atoms with Crippen molar-refractivity contribution in [2.75, 3.05) is 13.6 Å². The molecule has 1 aromatic rings. The molecule has 1 aromatic carbocycles. The Balaban J connectivity index is 2.79. The van der Waals surface area contributed by atoms with Gasteiger partial charge < -0.3 is 10.0 Å². The highest BCUT2D eigenvalue weighted by atomic mass is 127. The lowest BCUT2D eigenvalue weighted by atomic mass is 10.2. The summed E-state index contributed by atoms with van der Waals surface area (Å²) in [6, 6.07) is 3.14. The Kier molecular flexibility index (Phi) is 6.35. The molecule has 104 valence electrons. The van der Waals surface area contributed by atoms with Crippen molar-refractivity contribution in [3.63, 3.8) is 0 Å². The zero-order valence-corrected chi connectivity index (χ0v) is 13.8. The SMILES string of the molecule is CN(CCCC(=O)O)C(=O)c1cc(Cl)cc(Cl)c1I. The molecule has 0 atom stereocenters. The molecular weight excluding hydrogens is 404 g/mol. The topological polar surface area (TPSA) is 57.6 Å². The van der Waals surface area contributed by atoms with Gasteiger partial charge in [0.05, 0.1) is 10.6 Å². The second-order valence-corrected chi connectivity index (χ2v) is 5.90. The smallest absolute Gasteiger partial charge is 0.303 e. The fraction of sp³-hybridized carbons (Fsp3) is 0.333. The van der Waals surface area contributed by atoms with Crippen molar-refractivity contribution < 1.29 is 14.7 Å². The van der Waals surface area contributed by atoms with Crippen LogP contribution in [0.1, 0.15) is 23.2 Å². The van der Waals surface area contributed by atoms with E-state index in [2.05, 4.69) is 0 Å². The first-order chi connectivity index (χ1) is 8.82. The van der Waals surface area contributed by atoms with Crippen LogP contribution in [0.5, 0.6) is 0 Å². The number of halogens is 3. The lowest BCUT2D eigenvalue weighted by Gasteiger charge is -2.18. The van der Waals surface area contributed by atoms with Gasteiger partial charge in [-0.05, 0) is 41.1 Å². The number of carbonyl (C=O) groups is 2. The summed E-state index contributed by atoms with van der Waals surface area (Å²) < 4.78 is 0.638. The highest BCUT2D eigenvalue weighted by Crippen LogP contribution is 2.27. The van der Waals surface area contributed by atoms with Crippen molar-refractivity contribution in [3.05, 3.63) is 31.3 Å². The predicted molar refractivity (Wildman–Crippen MR) is 83.0 cm³/mol. The standard InChI is InChI=1S/C12H12Cl2INO3/c1-16(4-2-3-10(17)18)12(19)8-5-7(13)6-9(14)11(8)15/h5-6H,2-4H2,1H3,(H,17,18). The van der Waals surface area contributed by atoms with Gasteiger partial charge in [-0.25, -0.2) is 0 Å². The number of carbonyl (C=O) groups excluding carboxylic acids is 1. The fourth-order valence-corrected chi connectivity index (χ4v) is 2.52. The van der Waals surface area contributed by atoms with Crippen molar-refractivity contribution in [1.82, 2.24) is 4.90 Å². The molecule has 0 aliphatic rings. The van der Waals surface area contributed by atoms with Crippen LogP contribution in [0, 0.1) is 3.57 Å². The second-order valence-electron chi connectivity index (χ2n) is 3.97. The fourth-order valence-electron chi connectivity index (χ4n) is 1.49. The predicted octanol–water partition coefficient (Wildman–Crippen LogP) is 3.53. The van der Waals surface area contributed by atoms with Crippen molar-refractivity contribution in [2.24, 2.45) is 0 Å². The number of amides is 1. The maximum absolute atomic E-state index is 12.2. The third-order valence-corrected chi connectivity index (χ3v) is 4.45. The Morgan fingerprint density at radius 1 is 1.37 bits per heavy atom. The number of benzene rings is 1. The van der Waals surface area contributed by atoms with Gasteiger partial charge in [-0.3, -0.25) is 9.59 Å². The lowest BCUT2D eigenvalue weighted by molar-refractivity contribution is -0.137. The zero-order chi connectivity index (χ0) is 14.6. The number of hydrogen-bond donors (Lipinski definition) is 1. The molecule has 0 aliphatic carbocycles. The van der Waals surface area contributed by atoms with Crippen LogP contribution in [0.15, 0.2) is 12.1 Å². The van der Waals surface area contributed by atoms with Gasteiger partial charge in [-0.1, -0.05) is 23.2 Å². The minimum Gasteiger partial charge on any atom is -0.481 e. The van der Waals surface area contributed by atoms with E-state index in [0.29, 0.717) is 32.1 Å². The number of hydrogen-bond acceptors (Lipinski definition) is 2. The Morgan fingerprint density at radius 2 is 2.00 bits per heavy atom. The van der Waals surface area contributed by atoms with Crippen LogP contribution < -0.4 is 0 Å². The largest absolute Gasteiger partial charge is 0.481 e. The van der Waals surface area contributed by atoms with Crippen molar-refractivity contribution >= 4 is 57.7 Å². The second kappa shape index (κ2) is 7.31. The van der Waals surface area contributed by atoms with Gasteiger partial charge in [0.1, 0.15) is 0 Å². The molecule has 0 heterocycles. The van der Waals surface area contributed by atoms with Crippen LogP contribution in [0.25, 0.3) is 0 Å². The summed E-state index contributed by atoms with van der Waals surface area (Å²) in [5.41, 5.74) is 0.427. The highest BCUT2D eigenvalue weighted by molar-refractivity contribution is 14.1. The molecule has 1 amide bonds. The Morgan fingerprint density at radius 3 is 2.58 bits per heavy atom. The summed E-state index contributed by atoms with van der Waals surface area (Å²) >= 11 is 13.8. The van der Waals surface area contributed by atoms with Gasteiger partial charge >= 0.3 is 5.97 Å². The average molecular weight is 416 g/mol. The van der Waals surface area contributed by atoms with E-state index in [1.54, 1.807) is 19.2 Å². The van der Waals surface area contributed by atoms with Crippen LogP contribution in [0.3, 0.4) is 0 Å². The maximum atomic E-state index is 12.2. The third kappa shape index (κ3) is 4.81. The van der Waals surface area contributed by atoms with Gasteiger partial charge in [-0.2, -0.15) is 0 Å². The molecule has 4 nitrogen and oxygen atoms in total. The molecule has 0 saturated heterocycles. The Bertz CT molecular complexity index is 508. The summed E-state index contributed by atoms with van der Waals surface area (Å²) in [6.07, 6.45) is 0.438. The van der Waals surface area contributed by atoms with E-state index in [9.17, 15) is 9.59 Å². The maximum Gasteiger partial charge on any atom is 0.303 e. The first-order valence-electron chi connectivity index (χ1n) is 5.44. The van der Waals surface area contributed by atoms with E-state index in [1.807, 2.05) is 22.6 Å². The molecule has 1 N–H and O–H groups in total. The first kappa shape index (κ1) is 16.5. The third-order valence-electron chi connectivity index (χ3n) is 2.45. The number of carboxylic acid groups (broad SMARTS) is 1. The summed E-state index contributed by atoms with van der Waals surface area (Å²) in [6.45, 7) is 0.366. The Hall–Kier alpha value is -0.530. The van der Waals surface area contributed by atoms with E-state index < -0.39 is 5.97 Å². The van der Waals surface area contributed by atoms with Crippen LogP contribution in [-0.2, 0) is 4.79 Å². The van der Waals surface area contributed by atoms with Crippen LogP contribution >= 0.6 is 45.8 Å². The quantitative estimate of drug-likeness (QED) is 0.591. The van der Waals surface area contributed by atoms with Gasteiger partial charge in [0.2, 0.25) is 0 Å². The monoisotopic (exact) mass is 415 g/mol. The Labute approximate surface area is 134 Å². The normalized spacial score (nSPS) is 10.3. The molecular formula is C12H12Cl2INO3. The molecule has 0 aromatic heterocycles. The van der Waals surface area contributed by atoms with Crippen molar-refractivity contribution in [3.8, 4) is 0 Å². The minimum atomic E-state index is -0.874. The van der Waals surface area contributed by atoms with Crippen LogP contribution in [-0.4, -0.2) is 35.5 Å². The van der Waals surface area contributed by atoms with E-state index in [1.165, 1.54) is 4.90 Å². The summed E-state index contributed by atoms with van der Waals surface area (Å²) in [4.78, 5) is 24.1. The van der Waals surface area contributed by atoms with Crippen molar-refractivity contribution in [1.29, 1.82) is 0 Å². The number of nitrogens with zero attached hydrogens (tertiary/aromatic N) is 1. The minimum absolute atomic E-state index is 0.0328. The van der Waals surface area contributed by atoms with Gasteiger partial charge in [0.15, 0.2) is 0 Å². The molecule has 0 radical (unpaired) electrons.